The van der Waals surface area contributed by atoms with Gasteiger partial charge in [-0.15, -0.1) is 0 Å². The van der Waals surface area contributed by atoms with E-state index in [1.165, 1.54) is 32.8 Å². The third-order valence-electron chi connectivity index (χ3n) is 5.69. The number of piperazine rings is 1. The third kappa shape index (κ3) is 3.25. The van der Waals surface area contributed by atoms with E-state index in [1.807, 2.05) is 0 Å². The molecule has 3 aliphatic rings. The van der Waals surface area contributed by atoms with Gasteiger partial charge in [-0.2, -0.15) is 0 Å². The number of carbonyl (C=O) groups is 1. The predicted molar refractivity (Wildman–Crippen MR) is 79.9 cm³/mol. The summed E-state index contributed by atoms with van der Waals surface area (Å²) in [4.78, 5) is 16.7. The van der Waals surface area contributed by atoms with Gasteiger partial charge >= 0.3 is 5.97 Å². The van der Waals surface area contributed by atoms with Crippen LogP contribution in [0.5, 0.6) is 0 Å². The number of hydrogen-bond acceptors (Lipinski definition) is 5. The standard InChI is InChI=1S/C16H28N2O3/c1-21-16(20)12-10-14(15(19)11-12)18-8-6-17(7-9-18)13-4-2-3-5-13/h12-15,19H,2-11H2,1H3/t12-,14+,15-/m0/s1. The van der Waals surface area contributed by atoms with Crippen molar-refractivity contribution >= 4 is 5.97 Å². The van der Waals surface area contributed by atoms with Gasteiger partial charge in [-0.1, -0.05) is 12.8 Å². The van der Waals surface area contributed by atoms with Crippen LogP contribution in [-0.2, 0) is 9.53 Å². The van der Waals surface area contributed by atoms with Gasteiger partial charge in [0.25, 0.3) is 0 Å². The lowest BCUT2D eigenvalue weighted by Gasteiger charge is -2.41. The third-order valence-corrected chi connectivity index (χ3v) is 5.69. The first-order valence-electron chi connectivity index (χ1n) is 8.43. The number of esters is 1. The highest BCUT2D eigenvalue weighted by molar-refractivity contribution is 5.72. The number of methoxy groups -OCH3 is 1. The van der Waals surface area contributed by atoms with Crippen molar-refractivity contribution in [3.63, 3.8) is 0 Å². The number of hydrogen-bond donors (Lipinski definition) is 1. The van der Waals surface area contributed by atoms with Crippen LogP contribution < -0.4 is 0 Å². The predicted octanol–water partition coefficient (Wildman–Crippen LogP) is 0.859. The summed E-state index contributed by atoms with van der Waals surface area (Å²) in [6.07, 6.45) is 6.40. The van der Waals surface area contributed by atoms with Crippen molar-refractivity contribution in [2.24, 2.45) is 5.92 Å². The van der Waals surface area contributed by atoms with Crippen LogP contribution in [0.1, 0.15) is 38.5 Å². The summed E-state index contributed by atoms with van der Waals surface area (Å²) in [5.41, 5.74) is 0. The summed E-state index contributed by atoms with van der Waals surface area (Å²) in [5.74, 6) is -0.288. The highest BCUT2D eigenvalue weighted by Gasteiger charge is 2.41. The van der Waals surface area contributed by atoms with Crippen molar-refractivity contribution in [1.82, 2.24) is 9.80 Å². The Hall–Kier alpha value is -0.650. The Kier molecular flexibility index (Phi) is 4.82. The van der Waals surface area contributed by atoms with Gasteiger partial charge in [0.1, 0.15) is 0 Å². The number of ether oxygens (including phenoxy) is 1. The molecule has 3 atom stereocenters. The zero-order valence-electron chi connectivity index (χ0n) is 13.0. The second-order valence-electron chi connectivity index (χ2n) is 6.84. The van der Waals surface area contributed by atoms with Crippen molar-refractivity contribution in [1.29, 1.82) is 0 Å². The van der Waals surface area contributed by atoms with E-state index in [4.69, 9.17) is 4.74 Å². The van der Waals surface area contributed by atoms with Gasteiger partial charge in [0.05, 0.1) is 19.1 Å². The van der Waals surface area contributed by atoms with Crippen LogP contribution in [0.25, 0.3) is 0 Å². The highest BCUT2D eigenvalue weighted by Crippen LogP contribution is 2.32. The molecule has 5 heteroatoms. The molecular weight excluding hydrogens is 268 g/mol. The Morgan fingerprint density at radius 1 is 1.05 bits per heavy atom. The Balaban J connectivity index is 1.51. The van der Waals surface area contributed by atoms with Crippen LogP contribution >= 0.6 is 0 Å². The van der Waals surface area contributed by atoms with Gasteiger partial charge in [-0.3, -0.25) is 14.6 Å². The Bertz CT molecular complexity index is 363. The SMILES string of the molecule is COC(=O)[C@H]1C[C@@H](N2CCN(C3CCCC3)CC2)[C@@H](O)C1. The zero-order chi connectivity index (χ0) is 14.8. The largest absolute Gasteiger partial charge is 0.469 e. The van der Waals surface area contributed by atoms with Crippen molar-refractivity contribution in [2.45, 2.75) is 56.7 Å². The van der Waals surface area contributed by atoms with E-state index in [-0.39, 0.29) is 24.0 Å². The van der Waals surface area contributed by atoms with E-state index >= 15 is 0 Å². The smallest absolute Gasteiger partial charge is 0.308 e. The first kappa shape index (κ1) is 15.3. The van der Waals surface area contributed by atoms with E-state index in [1.54, 1.807) is 0 Å². The molecular formula is C16H28N2O3. The fourth-order valence-electron chi connectivity index (χ4n) is 4.45. The fourth-order valence-corrected chi connectivity index (χ4v) is 4.45. The number of aliphatic hydroxyl groups is 1. The van der Waals surface area contributed by atoms with Crippen LogP contribution in [0.15, 0.2) is 0 Å². The molecule has 1 N–H and O–H groups in total. The second-order valence-corrected chi connectivity index (χ2v) is 6.84. The lowest BCUT2D eigenvalue weighted by Crippen LogP contribution is -2.54. The minimum atomic E-state index is -0.382. The second kappa shape index (κ2) is 6.63. The van der Waals surface area contributed by atoms with E-state index < -0.39 is 0 Å². The molecule has 1 saturated heterocycles. The summed E-state index contributed by atoms with van der Waals surface area (Å²) >= 11 is 0. The van der Waals surface area contributed by atoms with Crippen molar-refractivity contribution in [3.8, 4) is 0 Å². The molecule has 1 heterocycles. The maximum atomic E-state index is 11.7. The lowest BCUT2D eigenvalue weighted by molar-refractivity contribution is -0.145. The minimum Gasteiger partial charge on any atom is -0.469 e. The first-order chi connectivity index (χ1) is 10.2. The van der Waals surface area contributed by atoms with E-state index in [0.717, 1.165) is 38.6 Å². The number of nitrogens with zero attached hydrogens (tertiary/aromatic N) is 2. The molecule has 5 nitrogen and oxygen atoms in total. The van der Waals surface area contributed by atoms with Gasteiger partial charge in [0.15, 0.2) is 0 Å². The molecule has 0 amide bonds. The maximum absolute atomic E-state index is 11.7. The first-order valence-corrected chi connectivity index (χ1v) is 8.43. The molecule has 0 radical (unpaired) electrons. The Morgan fingerprint density at radius 2 is 1.67 bits per heavy atom. The van der Waals surface area contributed by atoms with Crippen LogP contribution in [0, 0.1) is 5.92 Å². The summed E-state index contributed by atoms with van der Waals surface area (Å²) in [6, 6.07) is 0.934. The number of carbonyl (C=O) groups excluding carboxylic acids is 1. The minimum absolute atomic E-state index is 0.122. The molecule has 1 aliphatic heterocycles. The molecule has 0 aromatic carbocycles. The Labute approximate surface area is 127 Å². The van der Waals surface area contributed by atoms with Crippen molar-refractivity contribution in [2.75, 3.05) is 33.3 Å². The molecule has 3 fully saturated rings. The molecule has 21 heavy (non-hydrogen) atoms. The fraction of sp³-hybridized carbons (Fsp3) is 0.938. The van der Waals surface area contributed by atoms with Crippen LogP contribution in [0.2, 0.25) is 0 Å². The van der Waals surface area contributed by atoms with Crippen LogP contribution in [0.4, 0.5) is 0 Å². The summed E-state index contributed by atoms with van der Waals surface area (Å²) in [5, 5.41) is 10.3. The quantitative estimate of drug-likeness (QED) is 0.783. The molecule has 0 aromatic heterocycles. The monoisotopic (exact) mass is 296 g/mol. The molecule has 0 bridgehead atoms. The maximum Gasteiger partial charge on any atom is 0.308 e. The highest BCUT2D eigenvalue weighted by atomic mass is 16.5. The Morgan fingerprint density at radius 3 is 2.29 bits per heavy atom. The zero-order valence-corrected chi connectivity index (χ0v) is 13.0. The molecule has 2 saturated carbocycles. The summed E-state index contributed by atoms with van der Waals surface area (Å²) < 4.78 is 4.83. The van der Waals surface area contributed by atoms with E-state index in [2.05, 4.69) is 9.80 Å². The lowest BCUT2D eigenvalue weighted by atomic mass is 10.1. The van der Waals surface area contributed by atoms with Gasteiger partial charge < -0.3 is 9.84 Å². The molecule has 120 valence electrons. The van der Waals surface area contributed by atoms with E-state index in [0.29, 0.717) is 6.42 Å². The normalized spacial score (nSPS) is 36.2. The van der Waals surface area contributed by atoms with Crippen LogP contribution in [-0.4, -0.2) is 72.4 Å². The molecule has 3 rings (SSSR count). The molecule has 0 unspecified atom stereocenters. The average Bonchev–Trinajstić information content (AvgIpc) is 3.16. The van der Waals surface area contributed by atoms with Gasteiger partial charge in [-0.05, 0) is 25.7 Å². The molecule has 2 aliphatic carbocycles. The molecule has 0 aromatic rings. The number of aliphatic hydroxyl groups excluding tert-OH is 1. The van der Waals surface area contributed by atoms with Gasteiger partial charge in [-0.25, -0.2) is 0 Å². The van der Waals surface area contributed by atoms with Gasteiger partial charge in [0.2, 0.25) is 0 Å². The summed E-state index contributed by atoms with van der Waals surface area (Å²) in [7, 11) is 1.43. The molecule has 0 spiro atoms. The van der Waals surface area contributed by atoms with Crippen molar-refractivity contribution in [3.05, 3.63) is 0 Å². The average molecular weight is 296 g/mol. The topological polar surface area (TPSA) is 53.0 Å². The summed E-state index contributed by atoms with van der Waals surface area (Å²) in [6.45, 7) is 4.26. The van der Waals surface area contributed by atoms with Gasteiger partial charge in [0, 0.05) is 38.3 Å². The van der Waals surface area contributed by atoms with Crippen molar-refractivity contribution < 1.29 is 14.6 Å². The van der Waals surface area contributed by atoms with Crippen LogP contribution in [0.3, 0.4) is 0 Å². The number of rotatable bonds is 3. The van der Waals surface area contributed by atoms with E-state index in [9.17, 15) is 9.90 Å².